The second-order valence-corrected chi connectivity index (χ2v) is 8.75. The number of aromatic hydroxyl groups is 1. The predicted octanol–water partition coefficient (Wildman–Crippen LogP) is 5.34. The smallest absolute Gasteiger partial charge is 0.407 e. The third kappa shape index (κ3) is 4.45. The molecular formula is C24H19BrClNO5. The molecular weight excluding hydrogens is 498 g/mol. The van der Waals surface area contributed by atoms with Gasteiger partial charge in [0, 0.05) is 17.4 Å². The van der Waals surface area contributed by atoms with E-state index in [1.165, 1.54) is 12.1 Å². The average molecular weight is 517 g/mol. The van der Waals surface area contributed by atoms with Crippen molar-refractivity contribution in [3.63, 3.8) is 0 Å². The lowest BCUT2D eigenvalue weighted by Gasteiger charge is -2.18. The third-order valence-electron chi connectivity index (χ3n) is 5.47. The van der Waals surface area contributed by atoms with Crippen molar-refractivity contribution < 1.29 is 24.5 Å². The van der Waals surface area contributed by atoms with E-state index in [9.17, 15) is 19.8 Å². The molecule has 0 aromatic heterocycles. The molecule has 3 N–H and O–H groups in total. The number of ether oxygens (including phenoxy) is 1. The maximum atomic E-state index is 12.5. The number of carboxylic acids is 1. The Morgan fingerprint density at radius 2 is 1.66 bits per heavy atom. The Balaban J connectivity index is 1.46. The van der Waals surface area contributed by atoms with Crippen LogP contribution in [0.25, 0.3) is 11.1 Å². The highest BCUT2D eigenvalue weighted by atomic mass is 79.9. The number of phenols is 1. The van der Waals surface area contributed by atoms with Crippen LogP contribution in [0, 0.1) is 0 Å². The van der Waals surface area contributed by atoms with E-state index in [0.29, 0.717) is 9.50 Å². The van der Waals surface area contributed by atoms with Gasteiger partial charge in [0.1, 0.15) is 18.4 Å². The molecule has 0 saturated carbocycles. The van der Waals surface area contributed by atoms with Crippen molar-refractivity contribution in [1.82, 2.24) is 5.32 Å². The number of amides is 1. The van der Waals surface area contributed by atoms with Crippen LogP contribution in [0.5, 0.6) is 5.75 Å². The minimum absolute atomic E-state index is 0.0696. The van der Waals surface area contributed by atoms with E-state index < -0.39 is 18.1 Å². The number of hydrogen-bond donors (Lipinski definition) is 3. The van der Waals surface area contributed by atoms with Crippen LogP contribution in [0.1, 0.15) is 22.6 Å². The van der Waals surface area contributed by atoms with Crippen molar-refractivity contribution in [3.05, 3.63) is 86.8 Å². The summed E-state index contributed by atoms with van der Waals surface area (Å²) >= 11 is 9.17. The minimum Gasteiger partial charge on any atom is -0.506 e. The van der Waals surface area contributed by atoms with E-state index >= 15 is 0 Å². The third-order valence-corrected chi connectivity index (χ3v) is 6.29. The van der Waals surface area contributed by atoms with E-state index in [4.69, 9.17) is 16.3 Å². The standard InChI is InChI=1S/C24H19BrClNO5/c25-20-11-14(26)9-13(22(20)28)10-21(23(29)30)27-24(31)32-12-19-17-7-3-1-5-15(17)16-6-2-4-8-18(16)19/h1-9,11,19,21,28H,10,12H2,(H,27,31)(H,29,30). The molecule has 1 aliphatic carbocycles. The zero-order valence-corrected chi connectivity index (χ0v) is 19.1. The van der Waals surface area contributed by atoms with Crippen molar-refractivity contribution >= 4 is 39.6 Å². The first-order valence-corrected chi connectivity index (χ1v) is 11.0. The van der Waals surface area contributed by atoms with Crippen LogP contribution < -0.4 is 5.32 Å². The summed E-state index contributed by atoms with van der Waals surface area (Å²) in [4.78, 5) is 24.2. The molecule has 1 amide bonds. The lowest BCUT2D eigenvalue weighted by Crippen LogP contribution is -2.43. The van der Waals surface area contributed by atoms with Crippen LogP contribution >= 0.6 is 27.5 Å². The number of hydrogen-bond acceptors (Lipinski definition) is 4. The highest BCUT2D eigenvalue weighted by Gasteiger charge is 2.30. The van der Waals surface area contributed by atoms with Gasteiger partial charge < -0.3 is 20.3 Å². The van der Waals surface area contributed by atoms with Crippen molar-refractivity contribution in [3.8, 4) is 16.9 Å². The second kappa shape index (κ2) is 9.22. The van der Waals surface area contributed by atoms with E-state index in [-0.39, 0.29) is 30.3 Å². The molecule has 0 saturated heterocycles. The molecule has 1 atom stereocenters. The molecule has 0 aliphatic heterocycles. The van der Waals surface area contributed by atoms with Gasteiger partial charge in [-0.05, 0) is 55.9 Å². The molecule has 0 heterocycles. The van der Waals surface area contributed by atoms with Gasteiger partial charge in [0.15, 0.2) is 0 Å². The molecule has 4 rings (SSSR count). The van der Waals surface area contributed by atoms with Crippen molar-refractivity contribution in [2.24, 2.45) is 0 Å². The SMILES string of the molecule is O=C(NC(Cc1cc(Cl)cc(Br)c1O)C(=O)O)OCC1c2ccccc2-c2ccccc21. The maximum absolute atomic E-state index is 12.5. The first-order chi connectivity index (χ1) is 15.3. The van der Waals surface area contributed by atoms with Gasteiger partial charge in [-0.2, -0.15) is 0 Å². The largest absolute Gasteiger partial charge is 0.506 e. The van der Waals surface area contributed by atoms with Gasteiger partial charge in [0.25, 0.3) is 0 Å². The fourth-order valence-electron chi connectivity index (χ4n) is 3.98. The molecule has 0 fully saturated rings. The first-order valence-electron chi connectivity index (χ1n) is 9.86. The topological polar surface area (TPSA) is 95.9 Å². The Hall–Kier alpha value is -3.03. The van der Waals surface area contributed by atoms with Crippen LogP contribution in [0.2, 0.25) is 5.02 Å². The van der Waals surface area contributed by atoms with Gasteiger partial charge in [-0.1, -0.05) is 60.1 Å². The van der Waals surface area contributed by atoms with Crippen molar-refractivity contribution in [2.45, 2.75) is 18.4 Å². The van der Waals surface area contributed by atoms with Crippen molar-refractivity contribution in [2.75, 3.05) is 6.61 Å². The highest BCUT2D eigenvalue weighted by molar-refractivity contribution is 9.10. The van der Waals surface area contributed by atoms with Crippen LogP contribution in [-0.2, 0) is 16.0 Å². The number of carboxylic acid groups (broad SMARTS) is 1. The Labute approximate surface area is 197 Å². The van der Waals surface area contributed by atoms with Crippen LogP contribution in [-0.4, -0.2) is 34.9 Å². The van der Waals surface area contributed by atoms with E-state index in [1.54, 1.807) is 0 Å². The van der Waals surface area contributed by atoms with Gasteiger partial charge in [-0.25, -0.2) is 9.59 Å². The average Bonchev–Trinajstić information content (AvgIpc) is 3.09. The number of nitrogens with one attached hydrogen (secondary N) is 1. The van der Waals surface area contributed by atoms with Gasteiger partial charge >= 0.3 is 12.1 Å². The van der Waals surface area contributed by atoms with Gasteiger partial charge in [0.05, 0.1) is 4.47 Å². The fourth-order valence-corrected chi connectivity index (χ4v) is 4.85. The summed E-state index contributed by atoms with van der Waals surface area (Å²) in [6, 6.07) is 17.5. The summed E-state index contributed by atoms with van der Waals surface area (Å²) in [5.74, 6) is -1.52. The zero-order valence-electron chi connectivity index (χ0n) is 16.7. The summed E-state index contributed by atoms with van der Waals surface area (Å²) < 4.78 is 5.76. The van der Waals surface area contributed by atoms with E-state index in [0.717, 1.165) is 22.3 Å². The summed E-state index contributed by atoms with van der Waals surface area (Å²) in [5, 5.41) is 22.4. The number of aliphatic carboxylic acids is 1. The number of phenolic OH excluding ortho intramolecular Hbond substituents is 1. The van der Waals surface area contributed by atoms with E-state index in [2.05, 4.69) is 21.2 Å². The minimum atomic E-state index is -1.30. The molecule has 0 spiro atoms. The predicted molar refractivity (Wildman–Crippen MR) is 124 cm³/mol. The molecule has 1 aliphatic rings. The molecule has 164 valence electrons. The van der Waals surface area contributed by atoms with Crippen LogP contribution in [0.3, 0.4) is 0 Å². The molecule has 0 radical (unpaired) electrons. The molecule has 8 heteroatoms. The summed E-state index contributed by atoms with van der Waals surface area (Å²) in [5.41, 5.74) is 4.61. The Morgan fingerprint density at radius 1 is 1.06 bits per heavy atom. The summed E-state index contributed by atoms with van der Waals surface area (Å²) in [6.07, 6.45) is -1.01. The van der Waals surface area contributed by atoms with Gasteiger partial charge in [0.2, 0.25) is 0 Å². The fraction of sp³-hybridized carbons (Fsp3) is 0.167. The van der Waals surface area contributed by atoms with Gasteiger partial charge in [-0.15, -0.1) is 0 Å². The number of fused-ring (bicyclic) bond motifs is 3. The zero-order chi connectivity index (χ0) is 22.8. The molecule has 3 aromatic carbocycles. The molecule has 6 nitrogen and oxygen atoms in total. The molecule has 1 unspecified atom stereocenters. The Morgan fingerprint density at radius 3 is 2.25 bits per heavy atom. The maximum Gasteiger partial charge on any atom is 0.407 e. The molecule has 0 bridgehead atoms. The summed E-state index contributed by atoms with van der Waals surface area (Å²) in [7, 11) is 0. The van der Waals surface area contributed by atoms with Crippen LogP contribution in [0.15, 0.2) is 65.1 Å². The lowest BCUT2D eigenvalue weighted by molar-refractivity contribution is -0.139. The highest BCUT2D eigenvalue weighted by Crippen LogP contribution is 2.44. The van der Waals surface area contributed by atoms with Crippen LogP contribution in [0.4, 0.5) is 4.79 Å². The summed E-state index contributed by atoms with van der Waals surface area (Å²) in [6.45, 7) is 0.0696. The monoisotopic (exact) mass is 515 g/mol. The number of carbonyl (C=O) groups is 2. The molecule has 3 aromatic rings. The second-order valence-electron chi connectivity index (χ2n) is 7.46. The number of alkyl carbamates (subject to hydrolysis) is 1. The normalized spacial score (nSPS) is 13.2. The first kappa shape index (κ1) is 22.2. The van der Waals surface area contributed by atoms with Crippen molar-refractivity contribution in [1.29, 1.82) is 0 Å². The lowest BCUT2D eigenvalue weighted by atomic mass is 9.98. The quantitative estimate of drug-likeness (QED) is 0.411. The van der Waals surface area contributed by atoms with Gasteiger partial charge in [-0.3, -0.25) is 0 Å². The Kier molecular flexibility index (Phi) is 6.39. The number of benzene rings is 3. The van der Waals surface area contributed by atoms with E-state index in [1.807, 2.05) is 48.5 Å². The number of halogens is 2. The number of carbonyl (C=O) groups excluding carboxylic acids is 1. The number of rotatable bonds is 6. The molecule has 32 heavy (non-hydrogen) atoms. The Bertz CT molecular complexity index is 1150.